The van der Waals surface area contributed by atoms with Crippen LogP contribution in [0.25, 0.3) is 0 Å². The number of nitrogens with zero attached hydrogens (tertiary/aromatic N) is 1. The number of aryl methyl sites for hydroxylation is 2. The number of ether oxygens (including phenoxy) is 1. The van der Waals surface area contributed by atoms with Gasteiger partial charge in [-0.1, -0.05) is 48.0 Å². The summed E-state index contributed by atoms with van der Waals surface area (Å²) in [5.74, 6) is 0.429. The summed E-state index contributed by atoms with van der Waals surface area (Å²) in [6, 6.07) is 11.4. The molecular formula is C19H22BrNO3. The molecule has 0 heterocycles. The van der Waals surface area contributed by atoms with E-state index in [9.17, 15) is 10.0 Å². The van der Waals surface area contributed by atoms with E-state index in [0.717, 1.165) is 27.8 Å². The lowest BCUT2D eigenvalue weighted by Crippen LogP contribution is -2.27. The molecule has 0 atom stereocenters. The van der Waals surface area contributed by atoms with Crippen LogP contribution < -0.4 is 9.80 Å². The van der Waals surface area contributed by atoms with Crippen molar-refractivity contribution in [3.63, 3.8) is 0 Å². The molecule has 24 heavy (non-hydrogen) atoms. The Kier molecular flexibility index (Phi) is 6.40. The molecule has 0 aromatic heterocycles. The van der Waals surface area contributed by atoms with Crippen LogP contribution in [0, 0.1) is 6.92 Å². The van der Waals surface area contributed by atoms with Crippen LogP contribution in [0.2, 0.25) is 0 Å². The Morgan fingerprint density at radius 3 is 2.62 bits per heavy atom. The number of hydrogen-bond donors (Lipinski definition) is 1. The van der Waals surface area contributed by atoms with Crippen molar-refractivity contribution in [2.45, 2.75) is 40.2 Å². The van der Waals surface area contributed by atoms with Gasteiger partial charge in [0.2, 0.25) is 5.91 Å². The molecule has 128 valence electrons. The van der Waals surface area contributed by atoms with Gasteiger partial charge in [0.25, 0.3) is 0 Å². The topological polar surface area (TPSA) is 49.8 Å². The zero-order chi connectivity index (χ0) is 17.7. The quantitative estimate of drug-likeness (QED) is 0.554. The third-order valence-electron chi connectivity index (χ3n) is 3.88. The van der Waals surface area contributed by atoms with Gasteiger partial charge in [0.15, 0.2) is 0 Å². The molecule has 0 fully saturated rings. The van der Waals surface area contributed by atoms with Crippen molar-refractivity contribution in [1.82, 2.24) is 0 Å². The molecule has 2 rings (SSSR count). The normalized spacial score (nSPS) is 10.5. The Balaban J connectivity index is 2.25. The highest BCUT2D eigenvalue weighted by atomic mass is 79.9. The van der Waals surface area contributed by atoms with Crippen molar-refractivity contribution in [1.29, 1.82) is 0 Å². The number of carbonyl (C=O) groups excluding carboxylic acids is 1. The Morgan fingerprint density at radius 2 is 2.00 bits per heavy atom. The minimum Gasteiger partial charge on any atom is -0.489 e. The van der Waals surface area contributed by atoms with Crippen LogP contribution in [0.4, 0.5) is 5.69 Å². The molecule has 0 aliphatic heterocycles. The molecule has 0 aliphatic carbocycles. The van der Waals surface area contributed by atoms with Gasteiger partial charge < -0.3 is 4.74 Å². The second kappa shape index (κ2) is 8.31. The first kappa shape index (κ1) is 18.5. The van der Waals surface area contributed by atoms with Gasteiger partial charge in [-0.25, -0.2) is 0 Å². The highest BCUT2D eigenvalue weighted by molar-refractivity contribution is 9.10. The van der Waals surface area contributed by atoms with E-state index in [2.05, 4.69) is 28.9 Å². The molecule has 2 aromatic carbocycles. The summed E-state index contributed by atoms with van der Waals surface area (Å²) >= 11 is 3.47. The lowest BCUT2D eigenvalue weighted by Gasteiger charge is -2.20. The lowest BCUT2D eigenvalue weighted by atomic mass is 10.1. The minimum atomic E-state index is -0.363. The largest absolute Gasteiger partial charge is 0.489 e. The Morgan fingerprint density at radius 1 is 1.25 bits per heavy atom. The summed E-state index contributed by atoms with van der Waals surface area (Å²) in [7, 11) is 0. The molecule has 1 N–H and O–H groups in total. The van der Waals surface area contributed by atoms with Crippen molar-refractivity contribution in [3.05, 3.63) is 57.6 Å². The zero-order valence-corrected chi connectivity index (χ0v) is 15.8. The smallest absolute Gasteiger partial charge is 0.250 e. The third kappa shape index (κ3) is 4.16. The van der Waals surface area contributed by atoms with Crippen LogP contribution in [0.15, 0.2) is 40.9 Å². The molecular weight excluding hydrogens is 370 g/mol. The SMILES string of the molecule is CCC(=O)N(O)c1cccc(Br)c1COc1ccc(CC)cc1C. The first-order valence-electron chi connectivity index (χ1n) is 7.99. The van der Waals surface area contributed by atoms with Gasteiger partial charge in [0.1, 0.15) is 12.4 Å². The molecule has 0 saturated carbocycles. The van der Waals surface area contributed by atoms with E-state index in [1.807, 2.05) is 25.1 Å². The van der Waals surface area contributed by atoms with Crippen LogP contribution in [0.1, 0.15) is 37.0 Å². The van der Waals surface area contributed by atoms with Gasteiger partial charge in [0, 0.05) is 16.5 Å². The summed E-state index contributed by atoms with van der Waals surface area (Å²) in [5, 5.41) is 10.8. The van der Waals surface area contributed by atoms with E-state index in [4.69, 9.17) is 4.74 Å². The second-order valence-corrected chi connectivity index (χ2v) is 6.39. The summed E-state index contributed by atoms with van der Waals surface area (Å²) in [6.07, 6.45) is 1.20. The molecule has 2 aromatic rings. The first-order valence-corrected chi connectivity index (χ1v) is 8.78. The number of anilines is 1. The minimum absolute atomic E-state index is 0.223. The molecule has 0 unspecified atom stereocenters. The Hall–Kier alpha value is -1.85. The molecule has 1 amide bonds. The van der Waals surface area contributed by atoms with Gasteiger partial charge >= 0.3 is 0 Å². The fourth-order valence-corrected chi connectivity index (χ4v) is 2.89. The number of benzene rings is 2. The number of amides is 1. The molecule has 4 nitrogen and oxygen atoms in total. The Labute approximate surface area is 151 Å². The standard InChI is InChI=1S/C19H22BrNO3/c1-4-14-9-10-18(13(3)11-14)24-12-15-16(20)7-6-8-17(15)21(23)19(22)5-2/h6-11,23H,4-5,12H2,1-3H3. The molecule has 5 heteroatoms. The predicted octanol–water partition coefficient (Wildman–Crippen LogP) is 5.03. The second-order valence-electron chi connectivity index (χ2n) is 5.54. The van der Waals surface area contributed by atoms with Gasteiger partial charge in [-0.15, -0.1) is 0 Å². The van der Waals surface area contributed by atoms with Crippen molar-refractivity contribution >= 4 is 27.5 Å². The number of hydroxylamine groups is 1. The monoisotopic (exact) mass is 391 g/mol. The van der Waals surface area contributed by atoms with Crippen LogP contribution in [0.3, 0.4) is 0 Å². The average molecular weight is 392 g/mol. The van der Waals surface area contributed by atoms with Crippen molar-refractivity contribution in [2.24, 2.45) is 0 Å². The molecule has 0 spiro atoms. The van der Waals surface area contributed by atoms with Crippen molar-refractivity contribution < 1.29 is 14.7 Å². The Bertz CT molecular complexity index is 731. The maximum absolute atomic E-state index is 11.8. The first-order chi connectivity index (χ1) is 11.5. The van der Waals surface area contributed by atoms with E-state index >= 15 is 0 Å². The fourth-order valence-electron chi connectivity index (χ4n) is 2.42. The molecule has 0 aliphatic rings. The number of rotatable bonds is 6. The van der Waals surface area contributed by atoms with Crippen LogP contribution in [0.5, 0.6) is 5.75 Å². The van der Waals surface area contributed by atoms with E-state index in [0.29, 0.717) is 10.8 Å². The maximum atomic E-state index is 11.8. The van der Waals surface area contributed by atoms with Gasteiger partial charge in [-0.3, -0.25) is 10.0 Å². The number of halogens is 1. The number of hydrogen-bond acceptors (Lipinski definition) is 3. The molecule has 0 bridgehead atoms. The summed E-state index contributed by atoms with van der Waals surface area (Å²) in [5.41, 5.74) is 3.48. The third-order valence-corrected chi connectivity index (χ3v) is 4.62. The molecule has 0 radical (unpaired) electrons. The summed E-state index contributed by atoms with van der Waals surface area (Å²) < 4.78 is 6.71. The van der Waals surface area contributed by atoms with Gasteiger partial charge in [-0.2, -0.15) is 5.06 Å². The fraction of sp³-hybridized carbons (Fsp3) is 0.316. The summed E-state index contributed by atoms with van der Waals surface area (Å²) in [6.45, 7) is 6.08. The van der Waals surface area contributed by atoms with Crippen molar-refractivity contribution in [2.75, 3.05) is 5.06 Å². The van der Waals surface area contributed by atoms with Crippen molar-refractivity contribution in [3.8, 4) is 5.75 Å². The van der Waals surface area contributed by atoms with E-state index < -0.39 is 0 Å². The van der Waals surface area contributed by atoms with E-state index in [1.165, 1.54) is 5.56 Å². The van der Waals surface area contributed by atoms with Crippen LogP contribution in [-0.4, -0.2) is 11.1 Å². The van der Waals surface area contributed by atoms with Crippen LogP contribution >= 0.6 is 15.9 Å². The predicted molar refractivity (Wildman–Crippen MR) is 98.6 cm³/mol. The molecule has 0 saturated heterocycles. The van der Waals surface area contributed by atoms with E-state index in [1.54, 1.807) is 19.1 Å². The average Bonchev–Trinajstić information content (AvgIpc) is 2.59. The highest BCUT2D eigenvalue weighted by Crippen LogP contribution is 2.30. The van der Waals surface area contributed by atoms with Gasteiger partial charge in [0.05, 0.1) is 5.69 Å². The zero-order valence-electron chi connectivity index (χ0n) is 14.2. The summed E-state index contributed by atoms with van der Waals surface area (Å²) in [4.78, 5) is 11.8. The number of carbonyl (C=O) groups is 1. The van der Waals surface area contributed by atoms with E-state index in [-0.39, 0.29) is 18.9 Å². The lowest BCUT2D eigenvalue weighted by molar-refractivity contribution is -0.123. The van der Waals surface area contributed by atoms with Crippen LogP contribution in [-0.2, 0) is 17.8 Å². The maximum Gasteiger partial charge on any atom is 0.250 e. The van der Waals surface area contributed by atoms with Gasteiger partial charge in [-0.05, 0) is 42.7 Å². The highest BCUT2D eigenvalue weighted by Gasteiger charge is 2.17.